The molecule has 6 rings (SSSR count). The van der Waals surface area contributed by atoms with Crippen molar-refractivity contribution in [3.05, 3.63) is 107 Å². The van der Waals surface area contributed by atoms with Crippen LogP contribution in [-0.2, 0) is 9.47 Å². The largest absolute Gasteiger partial charge is 0.544 e. The maximum atomic E-state index is 6.28. The standard InChI is InChI=1S/2C23H36O4Si3/c2*1-28(2,3)25-19-12-10-17(11-13-19)22-23(24-22)18-14-20(26-29(4,5)6)16-21(15-18)27-30(7,8)9/h2*10-16,22-23H,1-9H3/t2*22-,23-/m10/s1. The third kappa shape index (κ3) is 16.3. The molecule has 4 aromatic rings. The second-order valence-corrected chi connectivity index (χ2v) is 48.4. The first kappa shape index (κ1) is 47.9. The van der Waals surface area contributed by atoms with Gasteiger partial charge >= 0.3 is 0 Å². The molecule has 4 aromatic carbocycles. The van der Waals surface area contributed by atoms with Crippen LogP contribution in [0.4, 0.5) is 0 Å². The van der Waals surface area contributed by atoms with Crippen molar-refractivity contribution in [1.82, 2.24) is 0 Å². The molecule has 2 heterocycles. The molecular formula is C46H72O8Si6. The molecule has 0 radical (unpaired) electrons. The topological polar surface area (TPSA) is 80.4 Å². The van der Waals surface area contributed by atoms with Gasteiger partial charge in [-0.3, -0.25) is 0 Å². The summed E-state index contributed by atoms with van der Waals surface area (Å²) in [7, 11) is -10.1. The fourth-order valence-corrected chi connectivity index (χ4v) is 11.5. The van der Waals surface area contributed by atoms with Gasteiger partial charge in [0.1, 0.15) is 58.9 Å². The van der Waals surface area contributed by atoms with E-state index in [1.807, 2.05) is 12.1 Å². The zero-order valence-electron chi connectivity index (χ0n) is 39.7. The number of hydrogen-bond acceptors (Lipinski definition) is 8. The van der Waals surface area contributed by atoms with Crippen LogP contribution >= 0.6 is 0 Å². The van der Waals surface area contributed by atoms with Gasteiger partial charge in [-0.2, -0.15) is 0 Å². The molecule has 2 aliphatic rings. The van der Waals surface area contributed by atoms with Crippen LogP contribution in [0, 0.1) is 0 Å². The summed E-state index contributed by atoms with van der Waals surface area (Å²) in [4.78, 5) is 0. The van der Waals surface area contributed by atoms with Crippen LogP contribution in [0.3, 0.4) is 0 Å². The molecule has 0 amide bonds. The van der Waals surface area contributed by atoms with Crippen LogP contribution in [0.5, 0.6) is 34.5 Å². The highest BCUT2D eigenvalue weighted by atomic mass is 28.4. The van der Waals surface area contributed by atoms with Crippen molar-refractivity contribution >= 4 is 49.9 Å². The second kappa shape index (κ2) is 17.9. The van der Waals surface area contributed by atoms with Gasteiger partial charge in [0.25, 0.3) is 0 Å². The van der Waals surface area contributed by atoms with Crippen LogP contribution in [0.25, 0.3) is 0 Å². The van der Waals surface area contributed by atoms with Crippen LogP contribution in [-0.4, -0.2) is 49.9 Å². The zero-order chi connectivity index (χ0) is 44.6. The first-order chi connectivity index (χ1) is 27.4. The summed E-state index contributed by atoms with van der Waals surface area (Å²) in [6, 6.07) is 29.2. The molecule has 0 N–H and O–H groups in total. The maximum absolute atomic E-state index is 6.28. The van der Waals surface area contributed by atoms with Crippen LogP contribution in [0.1, 0.15) is 46.7 Å². The third-order valence-corrected chi connectivity index (χ3v) is 13.5. The van der Waals surface area contributed by atoms with Crippen molar-refractivity contribution in [2.45, 2.75) is 142 Å². The molecule has 0 aromatic heterocycles. The molecule has 2 fully saturated rings. The van der Waals surface area contributed by atoms with E-state index in [0.717, 1.165) is 45.6 Å². The van der Waals surface area contributed by atoms with Crippen molar-refractivity contribution in [2.24, 2.45) is 0 Å². The summed E-state index contributed by atoms with van der Waals surface area (Å²) in [5, 5.41) is 0. The molecule has 0 bridgehead atoms. The Hall–Kier alpha value is -3.10. The van der Waals surface area contributed by atoms with Crippen molar-refractivity contribution < 1.29 is 36.0 Å². The summed E-state index contributed by atoms with van der Waals surface area (Å²) in [5.74, 6) is 5.40. The number of epoxide rings is 2. The molecule has 328 valence electrons. The molecular weight excluding hydrogens is 849 g/mol. The first-order valence-corrected chi connectivity index (χ1v) is 41.8. The zero-order valence-corrected chi connectivity index (χ0v) is 45.7. The lowest BCUT2D eigenvalue weighted by atomic mass is 10.0. The highest BCUT2D eigenvalue weighted by Gasteiger charge is 2.43. The Morgan fingerprint density at radius 1 is 0.267 bits per heavy atom. The van der Waals surface area contributed by atoms with Crippen molar-refractivity contribution in [3.63, 3.8) is 0 Å². The van der Waals surface area contributed by atoms with E-state index >= 15 is 0 Å². The van der Waals surface area contributed by atoms with Gasteiger partial charge in [0.2, 0.25) is 49.9 Å². The maximum Gasteiger partial charge on any atom is 0.242 e. The van der Waals surface area contributed by atoms with E-state index in [9.17, 15) is 0 Å². The van der Waals surface area contributed by atoms with Crippen molar-refractivity contribution in [1.29, 1.82) is 0 Å². The smallest absolute Gasteiger partial charge is 0.242 e. The molecule has 0 aliphatic carbocycles. The molecule has 8 nitrogen and oxygen atoms in total. The van der Waals surface area contributed by atoms with Gasteiger partial charge in [-0.15, -0.1) is 0 Å². The van der Waals surface area contributed by atoms with E-state index in [2.05, 4.69) is 191 Å². The summed E-state index contributed by atoms with van der Waals surface area (Å²) in [6.45, 7) is 39.5. The Morgan fingerprint density at radius 3 is 0.683 bits per heavy atom. The first-order valence-electron chi connectivity index (χ1n) is 21.3. The monoisotopic (exact) mass is 920 g/mol. The van der Waals surface area contributed by atoms with Gasteiger partial charge in [0.15, 0.2) is 0 Å². The number of ether oxygens (including phenoxy) is 2. The average molecular weight is 922 g/mol. The molecule has 0 spiro atoms. The lowest BCUT2D eigenvalue weighted by molar-refractivity contribution is 0.376. The number of benzene rings is 4. The second-order valence-electron chi connectivity index (χ2n) is 21.9. The third-order valence-electron chi connectivity index (χ3n) is 8.41. The normalized spacial score (nSPS) is 19.4. The minimum absolute atomic E-state index is 0.0305. The summed E-state index contributed by atoms with van der Waals surface area (Å²) in [6.07, 6.45) is 0.187. The van der Waals surface area contributed by atoms with E-state index in [0.29, 0.717) is 0 Å². The van der Waals surface area contributed by atoms with Gasteiger partial charge in [-0.1, -0.05) is 24.3 Å². The van der Waals surface area contributed by atoms with Crippen molar-refractivity contribution in [3.8, 4) is 34.5 Å². The Morgan fingerprint density at radius 2 is 0.467 bits per heavy atom. The SMILES string of the molecule is C[Si](C)(C)Oc1ccc([C@@H]2O[C@H]2c2cc(O[Si](C)(C)C)cc(O[Si](C)(C)C)c2)cc1.C[Si](C)(C)Oc1ccc([C@H]2O[C@@H]2c2cc(O[Si](C)(C)C)cc(O[Si](C)(C)C)c2)cc1. The van der Waals surface area contributed by atoms with E-state index < -0.39 is 49.9 Å². The lowest BCUT2D eigenvalue weighted by Crippen LogP contribution is -2.30. The van der Waals surface area contributed by atoms with Crippen LogP contribution in [0.15, 0.2) is 84.9 Å². The lowest BCUT2D eigenvalue weighted by Gasteiger charge is -2.23. The molecule has 4 atom stereocenters. The summed E-state index contributed by atoms with van der Waals surface area (Å²) in [5.41, 5.74) is 4.58. The minimum atomic E-state index is -1.72. The van der Waals surface area contributed by atoms with Crippen molar-refractivity contribution in [2.75, 3.05) is 0 Å². The van der Waals surface area contributed by atoms with Gasteiger partial charge in [-0.05, 0) is 189 Å². The van der Waals surface area contributed by atoms with Crippen LogP contribution < -0.4 is 26.6 Å². The van der Waals surface area contributed by atoms with Gasteiger partial charge in [-0.25, -0.2) is 0 Å². The molecule has 0 unspecified atom stereocenters. The van der Waals surface area contributed by atoms with Gasteiger partial charge in [0.05, 0.1) is 0 Å². The number of hydrogen-bond donors (Lipinski definition) is 0. The molecule has 0 saturated carbocycles. The fourth-order valence-electron chi connectivity index (χ4n) is 6.56. The predicted octanol–water partition coefficient (Wildman–Crippen LogP) is 14.3. The summed E-state index contributed by atoms with van der Waals surface area (Å²) >= 11 is 0. The van der Waals surface area contributed by atoms with Gasteiger partial charge in [0, 0.05) is 12.1 Å². The fraction of sp³-hybridized carbons (Fsp3) is 0.478. The molecule has 2 saturated heterocycles. The Balaban J connectivity index is 0.000000228. The average Bonchev–Trinajstić information content (AvgIpc) is 3.96. The summed E-state index contributed by atoms with van der Waals surface area (Å²) < 4.78 is 49.4. The van der Waals surface area contributed by atoms with E-state index in [-0.39, 0.29) is 24.4 Å². The highest BCUT2D eigenvalue weighted by Crippen LogP contribution is 2.53. The highest BCUT2D eigenvalue weighted by molar-refractivity contribution is 6.72. The minimum Gasteiger partial charge on any atom is -0.544 e. The van der Waals surface area contributed by atoms with Crippen LogP contribution in [0.2, 0.25) is 118 Å². The Labute approximate surface area is 368 Å². The number of rotatable bonds is 16. The van der Waals surface area contributed by atoms with E-state index in [4.69, 9.17) is 36.0 Å². The van der Waals surface area contributed by atoms with E-state index in [1.165, 1.54) is 11.1 Å². The molecule has 60 heavy (non-hydrogen) atoms. The quantitative estimate of drug-likeness (QED) is 0.0812. The van der Waals surface area contributed by atoms with Gasteiger partial charge < -0.3 is 36.0 Å². The molecule has 2 aliphatic heterocycles. The predicted molar refractivity (Wildman–Crippen MR) is 263 cm³/mol. The molecule has 14 heteroatoms. The Bertz CT molecular complexity index is 1840. The van der Waals surface area contributed by atoms with E-state index in [1.54, 1.807) is 0 Å². The Kier molecular flexibility index (Phi) is 14.3.